The molecule has 0 spiro atoms. The van der Waals surface area contributed by atoms with Crippen molar-refractivity contribution in [2.24, 2.45) is 0 Å². The maximum atomic E-state index is 13.3. The molecular weight excluding hydrogens is 434 g/mol. The minimum Gasteiger partial charge on any atom is -0.491 e. The summed E-state index contributed by atoms with van der Waals surface area (Å²) in [5, 5.41) is 10.2. The van der Waals surface area contributed by atoms with Gasteiger partial charge in [0, 0.05) is 42.8 Å². The molecule has 5 nitrogen and oxygen atoms in total. The summed E-state index contributed by atoms with van der Waals surface area (Å²) in [6.45, 7) is 2.70. The van der Waals surface area contributed by atoms with Crippen LogP contribution in [0.15, 0.2) is 46.9 Å². The van der Waals surface area contributed by atoms with Crippen molar-refractivity contribution < 1.29 is 23.4 Å². The Morgan fingerprint density at radius 2 is 1.75 bits per heavy atom. The number of halogens is 3. The van der Waals surface area contributed by atoms with Gasteiger partial charge in [-0.15, -0.1) is 0 Å². The average molecular weight is 455 g/mol. The number of rotatable bonds is 6. The van der Waals surface area contributed by atoms with E-state index >= 15 is 0 Å². The molecule has 8 heteroatoms. The highest BCUT2D eigenvalue weighted by molar-refractivity contribution is 9.10. The van der Waals surface area contributed by atoms with E-state index in [9.17, 15) is 18.7 Å². The van der Waals surface area contributed by atoms with Crippen LogP contribution in [0.3, 0.4) is 0 Å². The lowest BCUT2D eigenvalue weighted by atomic mass is 10.1. The van der Waals surface area contributed by atoms with Crippen LogP contribution in [0.4, 0.5) is 8.78 Å². The highest BCUT2D eigenvalue weighted by Gasteiger charge is 2.24. The summed E-state index contributed by atoms with van der Waals surface area (Å²) in [6.07, 6.45) is -0.655. The Morgan fingerprint density at radius 1 is 1.07 bits per heavy atom. The molecule has 1 heterocycles. The van der Waals surface area contributed by atoms with E-state index in [0.29, 0.717) is 38.5 Å². The number of piperazine rings is 1. The van der Waals surface area contributed by atoms with Gasteiger partial charge in [-0.25, -0.2) is 8.78 Å². The Hall–Kier alpha value is -2.03. The molecule has 0 radical (unpaired) electrons. The zero-order chi connectivity index (χ0) is 20.1. The van der Waals surface area contributed by atoms with Crippen LogP contribution in [0, 0.1) is 11.6 Å². The Labute approximate surface area is 170 Å². The van der Waals surface area contributed by atoms with Crippen molar-refractivity contribution in [1.82, 2.24) is 9.80 Å². The molecule has 1 aliphatic rings. The highest BCUT2D eigenvalue weighted by atomic mass is 79.9. The van der Waals surface area contributed by atoms with Gasteiger partial charge in [0.1, 0.15) is 18.5 Å². The molecule has 3 rings (SSSR count). The number of carbonyl (C=O) groups is 1. The van der Waals surface area contributed by atoms with Crippen molar-refractivity contribution in [3.8, 4) is 5.75 Å². The second-order valence-electron chi connectivity index (χ2n) is 6.64. The summed E-state index contributed by atoms with van der Waals surface area (Å²) in [6, 6.07) is 10.5. The van der Waals surface area contributed by atoms with Gasteiger partial charge >= 0.3 is 0 Å². The molecule has 2 aromatic rings. The van der Waals surface area contributed by atoms with E-state index in [4.69, 9.17) is 4.74 Å². The van der Waals surface area contributed by atoms with Crippen LogP contribution < -0.4 is 4.74 Å². The lowest BCUT2D eigenvalue weighted by molar-refractivity contribution is 0.0403. The zero-order valence-electron chi connectivity index (χ0n) is 15.2. The van der Waals surface area contributed by atoms with Gasteiger partial charge in [0.25, 0.3) is 5.91 Å². The van der Waals surface area contributed by atoms with Crippen LogP contribution in [0.2, 0.25) is 0 Å². The van der Waals surface area contributed by atoms with Gasteiger partial charge in [0.2, 0.25) is 0 Å². The van der Waals surface area contributed by atoms with E-state index < -0.39 is 17.7 Å². The van der Waals surface area contributed by atoms with Gasteiger partial charge in [-0.05, 0) is 42.5 Å². The Bertz CT molecular complexity index is 812. The number of hydrogen-bond donors (Lipinski definition) is 1. The van der Waals surface area contributed by atoms with Crippen molar-refractivity contribution in [3.63, 3.8) is 0 Å². The van der Waals surface area contributed by atoms with E-state index in [2.05, 4.69) is 15.9 Å². The van der Waals surface area contributed by atoms with Crippen LogP contribution in [-0.2, 0) is 0 Å². The smallest absolute Gasteiger partial charge is 0.254 e. The maximum Gasteiger partial charge on any atom is 0.254 e. The van der Waals surface area contributed by atoms with Crippen molar-refractivity contribution in [3.05, 3.63) is 64.1 Å². The minimum absolute atomic E-state index is 0.135. The number of aliphatic hydroxyl groups excluding tert-OH is 1. The van der Waals surface area contributed by atoms with Crippen LogP contribution >= 0.6 is 15.9 Å². The van der Waals surface area contributed by atoms with Gasteiger partial charge in [-0.1, -0.05) is 15.9 Å². The van der Waals surface area contributed by atoms with Gasteiger partial charge in [0.15, 0.2) is 11.6 Å². The topological polar surface area (TPSA) is 53.0 Å². The summed E-state index contributed by atoms with van der Waals surface area (Å²) in [4.78, 5) is 16.1. The molecule has 1 atom stereocenters. The van der Waals surface area contributed by atoms with Gasteiger partial charge in [0.05, 0.1) is 0 Å². The van der Waals surface area contributed by atoms with Crippen molar-refractivity contribution in [2.75, 3.05) is 39.3 Å². The van der Waals surface area contributed by atoms with Crippen molar-refractivity contribution in [1.29, 1.82) is 0 Å². The number of β-amino-alcohol motifs (C(OH)–C–C–N with tert-alkyl or cyclic N) is 1. The molecule has 1 aliphatic heterocycles. The lowest BCUT2D eigenvalue weighted by Gasteiger charge is -2.35. The zero-order valence-corrected chi connectivity index (χ0v) is 16.7. The maximum absolute atomic E-state index is 13.3. The summed E-state index contributed by atoms with van der Waals surface area (Å²) >= 11 is 3.35. The summed E-state index contributed by atoms with van der Waals surface area (Å²) in [5.74, 6) is -1.64. The fourth-order valence-corrected chi connectivity index (χ4v) is 3.28. The summed E-state index contributed by atoms with van der Waals surface area (Å²) in [7, 11) is 0. The summed E-state index contributed by atoms with van der Waals surface area (Å²) < 4.78 is 32.9. The van der Waals surface area contributed by atoms with E-state index in [1.54, 1.807) is 4.90 Å². The first-order chi connectivity index (χ1) is 13.4. The third kappa shape index (κ3) is 5.50. The molecule has 0 aliphatic carbocycles. The first kappa shape index (κ1) is 20.7. The fourth-order valence-electron chi connectivity index (χ4n) is 3.02. The van der Waals surface area contributed by atoms with Crippen LogP contribution in [-0.4, -0.2) is 66.2 Å². The number of carbonyl (C=O) groups excluding carboxylic acids is 1. The molecule has 1 saturated heterocycles. The predicted octanol–water partition coefficient (Wildman–Crippen LogP) is 2.93. The van der Waals surface area contributed by atoms with Gasteiger partial charge in [-0.3, -0.25) is 9.69 Å². The normalized spacial score (nSPS) is 16.1. The van der Waals surface area contributed by atoms with Crippen molar-refractivity contribution >= 4 is 21.8 Å². The lowest BCUT2D eigenvalue weighted by Crippen LogP contribution is -2.51. The van der Waals surface area contributed by atoms with E-state index in [0.717, 1.165) is 16.6 Å². The fraction of sp³-hybridized carbons (Fsp3) is 0.350. The first-order valence-corrected chi connectivity index (χ1v) is 9.75. The molecule has 150 valence electrons. The van der Waals surface area contributed by atoms with Gasteiger partial charge in [-0.2, -0.15) is 0 Å². The average Bonchev–Trinajstić information content (AvgIpc) is 2.70. The van der Waals surface area contributed by atoms with Crippen LogP contribution in [0.1, 0.15) is 10.4 Å². The molecule has 0 bridgehead atoms. The quantitative estimate of drug-likeness (QED) is 0.728. The Morgan fingerprint density at radius 3 is 2.39 bits per heavy atom. The second kappa shape index (κ2) is 9.45. The first-order valence-electron chi connectivity index (χ1n) is 8.95. The standard InChI is InChI=1S/C20H21BrF2N2O3/c21-15-2-4-17(5-3-15)28-13-16(26)12-24-7-9-25(10-8-24)20(27)14-1-6-18(22)19(23)11-14/h1-6,11,16,26H,7-10,12-13H2. The summed E-state index contributed by atoms with van der Waals surface area (Å²) in [5.41, 5.74) is 0.135. The van der Waals surface area contributed by atoms with Crippen molar-refractivity contribution in [2.45, 2.75) is 6.10 Å². The number of hydrogen-bond acceptors (Lipinski definition) is 4. The SMILES string of the molecule is O=C(c1ccc(F)c(F)c1)N1CCN(CC(O)COc2ccc(Br)cc2)CC1. The molecule has 1 unspecified atom stereocenters. The van der Waals surface area contributed by atoms with Crippen LogP contribution in [0.25, 0.3) is 0 Å². The van der Waals surface area contributed by atoms with E-state index in [-0.39, 0.29) is 18.1 Å². The molecule has 1 fully saturated rings. The Kier molecular flexibility index (Phi) is 6.98. The molecule has 0 aromatic heterocycles. The number of ether oxygens (including phenoxy) is 1. The molecule has 28 heavy (non-hydrogen) atoms. The largest absolute Gasteiger partial charge is 0.491 e. The Balaban J connectivity index is 1.43. The number of nitrogens with zero attached hydrogens (tertiary/aromatic N) is 2. The highest BCUT2D eigenvalue weighted by Crippen LogP contribution is 2.17. The van der Waals surface area contributed by atoms with Gasteiger partial charge < -0.3 is 14.7 Å². The minimum atomic E-state index is -1.03. The van der Waals surface area contributed by atoms with Crippen LogP contribution in [0.5, 0.6) is 5.75 Å². The van der Waals surface area contributed by atoms with E-state index in [1.807, 2.05) is 29.2 Å². The molecule has 2 aromatic carbocycles. The second-order valence-corrected chi connectivity index (χ2v) is 7.56. The predicted molar refractivity (Wildman–Crippen MR) is 104 cm³/mol. The molecule has 1 amide bonds. The number of aliphatic hydroxyl groups is 1. The number of benzene rings is 2. The molecule has 0 saturated carbocycles. The molecule has 1 N–H and O–H groups in total. The monoisotopic (exact) mass is 454 g/mol. The third-order valence-corrected chi connectivity index (χ3v) is 5.08. The number of amides is 1. The third-order valence-electron chi connectivity index (χ3n) is 4.55. The molecular formula is C20H21BrF2N2O3. The van der Waals surface area contributed by atoms with E-state index in [1.165, 1.54) is 6.07 Å².